The average Bonchev–Trinajstić information content (AvgIpc) is 3.00. The zero-order valence-corrected chi connectivity index (χ0v) is 9.95. The molecule has 1 N–H and O–H groups in total. The zero-order valence-electron chi connectivity index (χ0n) is 9.95. The molecule has 84 valence electrons. The molecule has 1 aliphatic rings. The number of aryl methyl sites for hydroxylation is 1. The monoisotopic (exact) mass is 207 g/mol. The number of anilines is 1. The van der Waals surface area contributed by atoms with E-state index in [4.69, 9.17) is 0 Å². The molecule has 15 heavy (non-hydrogen) atoms. The van der Waals surface area contributed by atoms with Crippen molar-refractivity contribution in [2.45, 2.75) is 45.6 Å². The van der Waals surface area contributed by atoms with Crippen LogP contribution in [0, 0.1) is 12.8 Å². The van der Waals surface area contributed by atoms with Crippen molar-refractivity contribution < 1.29 is 0 Å². The van der Waals surface area contributed by atoms with Crippen LogP contribution in [0.5, 0.6) is 0 Å². The van der Waals surface area contributed by atoms with E-state index in [0.29, 0.717) is 6.04 Å². The van der Waals surface area contributed by atoms with Crippen molar-refractivity contribution in [2.24, 2.45) is 13.0 Å². The maximum atomic E-state index is 4.26. The van der Waals surface area contributed by atoms with E-state index in [-0.39, 0.29) is 0 Å². The molecule has 1 heterocycles. The van der Waals surface area contributed by atoms with Crippen LogP contribution in [0.2, 0.25) is 0 Å². The number of hydrogen-bond acceptors (Lipinski definition) is 2. The van der Waals surface area contributed by atoms with E-state index in [2.05, 4.69) is 24.3 Å². The minimum absolute atomic E-state index is 0.665. The van der Waals surface area contributed by atoms with Gasteiger partial charge in [-0.1, -0.05) is 13.3 Å². The van der Waals surface area contributed by atoms with Gasteiger partial charge in [-0.25, -0.2) is 0 Å². The van der Waals surface area contributed by atoms with Gasteiger partial charge in [0.1, 0.15) is 0 Å². The highest BCUT2D eigenvalue weighted by atomic mass is 15.3. The van der Waals surface area contributed by atoms with E-state index in [1.165, 1.54) is 37.1 Å². The molecular formula is C12H21N3. The van der Waals surface area contributed by atoms with Crippen molar-refractivity contribution in [3.63, 3.8) is 0 Å². The summed E-state index contributed by atoms with van der Waals surface area (Å²) in [7, 11) is 1.99. The summed E-state index contributed by atoms with van der Waals surface area (Å²) in [6, 6.07) is 0.665. The van der Waals surface area contributed by atoms with Crippen LogP contribution in [0.4, 0.5) is 5.69 Å². The molecule has 3 heteroatoms. The highest BCUT2D eigenvalue weighted by Crippen LogP contribution is 2.36. The predicted molar refractivity (Wildman–Crippen MR) is 63.0 cm³/mol. The number of nitrogens with zero attached hydrogens (tertiary/aromatic N) is 2. The first-order valence-corrected chi connectivity index (χ1v) is 5.97. The van der Waals surface area contributed by atoms with Gasteiger partial charge < -0.3 is 5.32 Å². The van der Waals surface area contributed by atoms with Gasteiger partial charge in [-0.2, -0.15) is 5.10 Å². The summed E-state index contributed by atoms with van der Waals surface area (Å²) in [6.07, 6.45) is 7.28. The van der Waals surface area contributed by atoms with Gasteiger partial charge in [0.05, 0.1) is 17.6 Å². The molecular weight excluding hydrogens is 186 g/mol. The number of rotatable bonds is 5. The predicted octanol–water partition coefficient (Wildman–Crippen LogP) is 2.72. The van der Waals surface area contributed by atoms with Crippen LogP contribution in [-0.4, -0.2) is 15.8 Å². The third-order valence-corrected chi connectivity index (χ3v) is 3.37. The Hall–Kier alpha value is -0.990. The largest absolute Gasteiger partial charge is 0.379 e. The first-order chi connectivity index (χ1) is 7.22. The first-order valence-electron chi connectivity index (χ1n) is 5.97. The van der Waals surface area contributed by atoms with E-state index in [0.717, 1.165) is 5.92 Å². The van der Waals surface area contributed by atoms with Gasteiger partial charge >= 0.3 is 0 Å². The van der Waals surface area contributed by atoms with Gasteiger partial charge in [-0.3, -0.25) is 4.68 Å². The van der Waals surface area contributed by atoms with Crippen molar-refractivity contribution in [3.8, 4) is 0 Å². The fourth-order valence-electron chi connectivity index (χ4n) is 2.08. The Morgan fingerprint density at radius 3 is 2.80 bits per heavy atom. The Morgan fingerprint density at radius 2 is 2.33 bits per heavy atom. The van der Waals surface area contributed by atoms with Crippen LogP contribution < -0.4 is 5.32 Å². The molecule has 1 saturated carbocycles. The first kappa shape index (κ1) is 10.5. The summed E-state index contributed by atoms with van der Waals surface area (Å²) in [6.45, 7) is 4.37. The van der Waals surface area contributed by atoms with Gasteiger partial charge in [0.25, 0.3) is 0 Å². The standard InChI is InChI=1S/C12H21N3/c1-4-5-11(10-6-7-10)14-12-8-13-15(3)9(12)2/h8,10-11,14H,4-7H2,1-3H3. The minimum Gasteiger partial charge on any atom is -0.379 e. The summed E-state index contributed by atoms with van der Waals surface area (Å²) in [5, 5.41) is 7.91. The maximum absolute atomic E-state index is 4.26. The van der Waals surface area contributed by atoms with E-state index in [1.54, 1.807) is 0 Å². The molecule has 1 fully saturated rings. The zero-order chi connectivity index (χ0) is 10.8. The molecule has 0 aromatic carbocycles. The van der Waals surface area contributed by atoms with Crippen molar-refractivity contribution >= 4 is 5.69 Å². The second-order valence-electron chi connectivity index (χ2n) is 4.64. The summed E-state index contributed by atoms with van der Waals surface area (Å²) >= 11 is 0. The lowest BCUT2D eigenvalue weighted by Crippen LogP contribution is -2.21. The molecule has 0 bridgehead atoms. The second-order valence-corrected chi connectivity index (χ2v) is 4.64. The topological polar surface area (TPSA) is 29.9 Å². The maximum Gasteiger partial charge on any atom is 0.0758 e. The highest BCUT2D eigenvalue weighted by Gasteiger charge is 2.30. The molecule has 0 amide bonds. The van der Waals surface area contributed by atoms with Crippen LogP contribution in [0.3, 0.4) is 0 Å². The molecule has 0 aliphatic heterocycles. The highest BCUT2D eigenvalue weighted by molar-refractivity contribution is 5.46. The van der Waals surface area contributed by atoms with Crippen LogP contribution in [0.1, 0.15) is 38.3 Å². The van der Waals surface area contributed by atoms with Crippen LogP contribution in [-0.2, 0) is 7.05 Å². The van der Waals surface area contributed by atoms with Gasteiger partial charge in [0, 0.05) is 13.1 Å². The van der Waals surface area contributed by atoms with Crippen LogP contribution in [0.15, 0.2) is 6.20 Å². The lowest BCUT2D eigenvalue weighted by Gasteiger charge is -2.18. The average molecular weight is 207 g/mol. The molecule has 1 atom stereocenters. The lowest BCUT2D eigenvalue weighted by atomic mass is 10.1. The minimum atomic E-state index is 0.665. The molecule has 0 saturated heterocycles. The van der Waals surface area contributed by atoms with E-state index in [1.807, 2.05) is 17.9 Å². The summed E-state index contributed by atoms with van der Waals surface area (Å²) in [5.74, 6) is 0.907. The third kappa shape index (κ3) is 2.33. The Morgan fingerprint density at radius 1 is 1.60 bits per heavy atom. The number of aromatic nitrogens is 2. The molecule has 1 aromatic rings. The molecule has 3 nitrogen and oxygen atoms in total. The van der Waals surface area contributed by atoms with Crippen molar-refractivity contribution in [1.82, 2.24) is 9.78 Å². The van der Waals surface area contributed by atoms with Gasteiger partial charge in [-0.15, -0.1) is 0 Å². The molecule has 1 aliphatic carbocycles. The van der Waals surface area contributed by atoms with Crippen molar-refractivity contribution in [3.05, 3.63) is 11.9 Å². The van der Waals surface area contributed by atoms with Gasteiger partial charge in [-0.05, 0) is 32.1 Å². The van der Waals surface area contributed by atoms with Gasteiger partial charge in [0.2, 0.25) is 0 Å². The van der Waals surface area contributed by atoms with Crippen molar-refractivity contribution in [1.29, 1.82) is 0 Å². The third-order valence-electron chi connectivity index (χ3n) is 3.37. The Balaban J connectivity index is 2.01. The Kier molecular flexibility index (Phi) is 2.98. The van der Waals surface area contributed by atoms with E-state index in [9.17, 15) is 0 Å². The summed E-state index contributed by atoms with van der Waals surface area (Å²) in [5.41, 5.74) is 2.44. The SMILES string of the molecule is CCCC(Nc1cnn(C)c1C)C1CC1. The summed E-state index contributed by atoms with van der Waals surface area (Å²) in [4.78, 5) is 0. The smallest absolute Gasteiger partial charge is 0.0758 e. The number of nitrogens with one attached hydrogen (secondary N) is 1. The molecule has 0 spiro atoms. The van der Waals surface area contributed by atoms with Crippen LogP contribution in [0.25, 0.3) is 0 Å². The fraction of sp³-hybridized carbons (Fsp3) is 0.750. The molecule has 0 radical (unpaired) electrons. The Bertz CT molecular complexity index is 326. The normalized spacial score (nSPS) is 17.8. The quantitative estimate of drug-likeness (QED) is 0.804. The summed E-state index contributed by atoms with van der Waals surface area (Å²) < 4.78 is 1.93. The van der Waals surface area contributed by atoms with E-state index < -0.39 is 0 Å². The second kappa shape index (κ2) is 4.25. The fourth-order valence-corrected chi connectivity index (χ4v) is 2.08. The molecule has 1 unspecified atom stereocenters. The molecule has 1 aromatic heterocycles. The van der Waals surface area contributed by atoms with E-state index >= 15 is 0 Å². The molecule has 2 rings (SSSR count). The lowest BCUT2D eigenvalue weighted by molar-refractivity contribution is 0.577. The van der Waals surface area contributed by atoms with Gasteiger partial charge in [0.15, 0.2) is 0 Å². The number of hydrogen-bond donors (Lipinski definition) is 1. The Labute approximate surface area is 91.9 Å². The van der Waals surface area contributed by atoms with Crippen LogP contribution >= 0.6 is 0 Å². The van der Waals surface area contributed by atoms with Crippen molar-refractivity contribution in [2.75, 3.05) is 5.32 Å².